The van der Waals surface area contributed by atoms with Crippen LogP contribution in [0.25, 0.3) is 5.69 Å². The number of hydrogen-bond acceptors (Lipinski definition) is 6. The topological polar surface area (TPSA) is 56.5 Å². The van der Waals surface area contributed by atoms with Gasteiger partial charge in [0.25, 0.3) is 0 Å². The second-order valence-corrected chi connectivity index (χ2v) is 6.31. The van der Waals surface area contributed by atoms with Crippen LogP contribution in [0.4, 0.5) is 4.39 Å². The van der Waals surface area contributed by atoms with Crippen LogP contribution in [0.15, 0.2) is 34.9 Å². The van der Waals surface area contributed by atoms with Gasteiger partial charge in [0.05, 0.1) is 16.9 Å². The van der Waals surface area contributed by atoms with Crippen LogP contribution in [-0.2, 0) is 6.42 Å². The molecule has 5 nitrogen and oxygen atoms in total. The van der Waals surface area contributed by atoms with Crippen LogP contribution in [0, 0.1) is 12.7 Å². The summed E-state index contributed by atoms with van der Waals surface area (Å²) in [6.07, 6.45) is 0.914. The Hall–Kier alpha value is -1.80. The van der Waals surface area contributed by atoms with Gasteiger partial charge in [-0.25, -0.2) is 9.37 Å². The highest BCUT2D eigenvalue weighted by Crippen LogP contribution is 2.21. The number of nitrogens with zero attached hydrogens (tertiary/aromatic N) is 5. The molecule has 0 N–H and O–H groups in total. The summed E-state index contributed by atoms with van der Waals surface area (Å²) in [5, 5.41) is 12.2. The lowest BCUT2D eigenvalue weighted by atomic mass is 10.3. The molecule has 0 aliphatic carbocycles. The number of hydrogen-bond donors (Lipinski definition) is 0. The molecule has 8 heteroatoms. The minimum Gasteiger partial charge on any atom is -0.250 e. The molecule has 21 heavy (non-hydrogen) atoms. The molecule has 3 rings (SSSR count). The van der Waals surface area contributed by atoms with Gasteiger partial charge in [0, 0.05) is 10.6 Å². The maximum absolute atomic E-state index is 13.3. The third-order valence-corrected chi connectivity index (χ3v) is 4.81. The van der Waals surface area contributed by atoms with E-state index in [-0.39, 0.29) is 5.82 Å². The van der Waals surface area contributed by atoms with Crippen molar-refractivity contribution in [1.82, 2.24) is 25.2 Å². The summed E-state index contributed by atoms with van der Waals surface area (Å²) >= 11 is 3.20. The van der Waals surface area contributed by atoms with Crippen LogP contribution >= 0.6 is 23.1 Å². The molecule has 108 valence electrons. The van der Waals surface area contributed by atoms with Gasteiger partial charge >= 0.3 is 0 Å². The Labute approximate surface area is 129 Å². The molecule has 0 aliphatic heterocycles. The molecule has 3 aromatic rings. The van der Waals surface area contributed by atoms with Crippen LogP contribution in [0.5, 0.6) is 0 Å². The number of aryl methyl sites for hydroxylation is 2. The van der Waals surface area contributed by atoms with Crippen LogP contribution in [-0.4, -0.2) is 30.9 Å². The van der Waals surface area contributed by atoms with Gasteiger partial charge in [0.2, 0.25) is 5.16 Å². The highest BCUT2D eigenvalue weighted by Gasteiger charge is 2.10. The van der Waals surface area contributed by atoms with Crippen molar-refractivity contribution in [3.63, 3.8) is 0 Å². The fourth-order valence-corrected chi connectivity index (χ4v) is 3.60. The van der Waals surface area contributed by atoms with Crippen molar-refractivity contribution in [3.8, 4) is 5.69 Å². The number of benzene rings is 1. The van der Waals surface area contributed by atoms with Gasteiger partial charge in [-0.05, 0) is 42.0 Å². The van der Waals surface area contributed by atoms with E-state index in [0.29, 0.717) is 10.8 Å². The summed E-state index contributed by atoms with van der Waals surface area (Å²) < 4.78 is 14.8. The molecule has 0 atom stereocenters. The summed E-state index contributed by atoms with van der Waals surface area (Å²) in [6, 6.07) is 6.22. The first kappa shape index (κ1) is 14.2. The molecular weight excluding hydrogens is 309 g/mol. The van der Waals surface area contributed by atoms with E-state index in [4.69, 9.17) is 0 Å². The van der Waals surface area contributed by atoms with Crippen LogP contribution in [0.2, 0.25) is 0 Å². The lowest BCUT2D eigenvalue weighted by molar-refractivity contribution is 0.623. The summed E-state index contributed by atoms with van der Waals surface area (Å²) in [5.74, 6) is 0.540. The Morgan fingerprint density at radius 2 is 2.29 bits per heavy atom. The molecular formula is C13H12FN5S2. The quantitative estimate of drug-likeness (QED) is 0.676. The molecule has 0 bridgehead atoms. The van der Waals surface area contributed by atoms with E-state index < -0.39 is 0 Å². The largest absolute Gasteiger partial charge is 0.250 e. The SMILES string of the molecule is Cc1ncsc1CCSc1nnnn1-c1cccc(F)c1. The average molecular weight is 321 g/mol. The molecule has 0 saturated carbocycles. The van der Waals surface area contributed by atoms with Gasteiger partial charge in [-0.3, -0.25) is 0 Å². The molecule has 0 fully saturated rings. The van der Waals surface area contributed by atoms with Gasteiger partial charge < -0.3 is 0 Å². The maximum Gasteiger partial charge on any atom is 0.214 e. The summed E-state index contributed by atoms with van der Waals surface area (Å²) in [5.41, 5.74) is 3.55. The standard InChI is InChI=1S/C13H12FN5S2/c1-9-12(21-8-15-9)5-6-20-13-16-17-18-19(13)11-4-2-3-10(14)7-11/h2-4,7-8H,5-6H2,1H3. The number of tetrazole rings is 1. The highest BCUT2D eigenvalue weighted by molar-refractivity contribution is 7.99. The summed E-state index contributed by atoms with van der Waals surface area (Å²) in [7, 11) is 0. The lowest BCUT2D eigenvalue weighted by Crippen LogP contribution is -2.00. The monoisotopic (exact) mass is 321 g/mol. The zero-order valence-electron chi connectivity index (χ0n) is 11.2. The first-order valence-electron chi connectivity index (χ1n) is 6.30. The molecule has 0 aliphatic rings. The molecule has 0 spiro atoms. The lowest BCUT2D eigenvalue weighted by Gasteiger charge is -2.04. The van der Waals surface area contributed by atoms with E-state index in [1.165, 1.54) is 17.0 Å². The molecule has 0 amide bonds. The van der Waals surface area contributed by atoms with E-state index >= 15 is 0 Å². The Kier molecular flexibility index (Phi) is 4.26. The van der Waals surface area contributed by atoms with Gasteiger partial charge in [0.1, 0.15) is 5.82 Å². The first-order chi connectivity index (χ1) is 10.2. The molecule has 0 radical (unpaired) electrons. The van der Waals surface area contributed by atoms with E-state index in [1.807, 2.05) is 12.4 Å². The minimum atomic E-state index is -0.306. The van der Waals surface area contributed by atoms with Crippen molar-refractivity contribution in [2.24, 2.45) is 0 Å². The van der Waals surface area contributed by atoms with Crippen molar-refractivity contribution in [2.75, 3.05) is 5.75 Å². The first-order valence-corrected chi connectivity index (χ1v) is 8.16. The van der Waals surface area contributed by atoms with Crippen molar-refractivity contribution in [2.45, 2.75) is 18.5 Å². The fourth-order valence-electron chi connectivity index (χ4n) is 1.84. The predicted molar refractivity (Wildman–Crippen MR) is 80.4 cm³/mol. The zero-order valence-corrected chi connectivity index (χ0v) is 12.9. The van der Waals surface area contributed by atoms with E-state index in [1.54, 1.807) is 39.9 Å². The number of aromatic nitrogens is 5. The fraction of sp³-hybridized carbons (Fsp3) is 0.231. The van der Waals surface area contributed by atoms with Crippen molar-refractivity contribution in [1.29, 1.82) is 0 Å². The summed E-state index contributed by atoms with van der Waals surface area (Å²) in [6.45, 7) is 2.01. The minimum absolute atomic E-state index is 0.306. The van der Waals surface area contributed by atoms with Gasteiger partial charge in [-0.1, -0.05) is 17.8 Å². The normalized spacial score (nSPS) is 11.0. The van der Waals surface area contributed by atoms with Gasteiger partial charge in [-0.2, -0.15) is 4.68 Å². The van der Waals surface area contributed by atoms with Crippen molar-refractivity contribution >= 4 is 23.1 Å². The van der Waals surface area contributed by atoms with E-state index in [0.717, 1.165) is 17.9 Å². The molecule has 1 aromatic carbocycles. The molecule has 2 aromatic heterocycles. The third-order valence-electron chi connectivity index (χ3n) is 2.90. The Morgan fingerprint density at radius 3 is 3.05 bits per heavy atom. The highest BCUT2D eigenvalue weighted by atomic mass is 32.2. The number of thiazole rings is 1. The van der Waals surface area contributed by atoms with Gasteiger partial charge in [0.15, 0.2) is 0 Å². The maximum atomic E-state index is 13.3. The van der Waals surface area contributed by atoms with Crippen LogP contribution < -0.4 is 0 Å². The third kappa shape index (κ3) is 3.27. The molecule has 2 heterocycles. The van der Waals surface area contributed by atoms with E-state index in [9.17, 15) is 4.39 Å². The second kappa shape index (κ2) is 6.31. The van der Waals surface area contributed by atoms with Crippen molar-refractivity contribution in [3.05, 3.63) is 46.2 Å². The van der Waals surface area contributed by atoms with Crippen LogP contribution in [0.1, 0.15) is 10.6 Å². The smallest absolute Gasteiger partial charge is 0.214 e. The van der Waals surface area contributed by atoms with Gasteiger partial charge in [-0.15, -0.1) is 16.4 Å². The Morgan fingerprint density at radius 1 is 1.38 bits per heavy atom. The van der Waals surface area contributed by atoms with Crippen molar-refractivity contribution < 1.29 is 4.39 Å². The van der Waals surface area contributed by atoms with Crippen LogP contribution in [0.3, 0.4) is 0 Å². The molecule has 0 unspecified atom stereocenters. The predicted octanol–water partition coefficient (Wildman–Crippen LogP) is 2.90. The summed E-state index contributed by atoms with van der Waals surface area (Å²) in [4.78, 5) is 5.50. The number of rotatable bonds is 5. The second-order valence-electron chi connectivity index (χ2n) is 4.31. The average Bonchev–Trinajstić information content (AvgIpc) is 3.09. The number of halogens is 1. The Balaban J connectivity index is 1.70. The molecule has 0 saturated heterocycles. The zero-order chi connectivity index (χ0) is 14.7. The van der Waals surface area contributed by atoms with E-state index in [2.05, 4.69) is 20.5 Å². The number of thioether (sulfide) groups is 1. The Bertz CT molecular complexity index is 740.